The summed E-state index contributed by atoms with van der Waals surface area (Å²) in [6, 6.07) is 32.8. The topological polar surface area (TPSA) is 29.1 Å². The standard InChI is InChI=1S/C31H36N2O/c1-33(2)28-18-19-29(33)21-24(20-28)22-31(26-14-8-4-9-15-26,27-16-10-5-11-17-27)23-32-30(34)25-12-6-3-7-13-25/h3-17,24,28-29H,18-23H2,1-2H3/p+1/t24-,28+,29-. The minimum absolute atomic E-state index is 0.00153. The summed E-state index contributed by atoms with van der Waals surface area (Å²) in [5.74, 6) is 0.649. The molecule has 176 valence electrons. The van der Waals surface area contributed by atoms with E-state index in [1.165, 1.54) is 41.3 Å². The molecule has 0 saturated carbocycles. The SMILES string of the molecule is C[N+]1(C)[C@@H]2CC[C@H]1C[C@@H](CC(CNC(=O)c1ccccc1)(c1ccccc1)c1ccccc1)C2. The highest BCUT2D eigenvalue weighted by molar-refractivity contribution is 5.94. The molecular weight excluding hydrogens is 416 g/mol. The highest BCUT2D eigenvalue weighted by atomic mass is 16.1. The maximum Gasteiger partial charge on any atom is 0.251 e. The van der Waals surface area contributed by atoms with E-state index in [0.717, 1.165) is 18.5 Å². The van der Waals surface area contributed by atoms with Gasteiger partial charge in [-0.05, 0) is 35.6 Å². The Morgan fingerprint density at radius 1 is 0.794 bits per heavy atom. The highest BCUT2D eigenvalue weighted by Gasteiger charge is 2.50. The van der Waals surface area contributed by atoms with Crippen LogP contribution in [0.25, 0.3) is 0 Å². The molecule has 3 atom stereocenters. The molecule has 0 aromatic heterocycles. The number of rotatable bonds is 7. The molecule has 0 unspecified atom stereocenters. The molecule has 0 spiro atoms. The van der Waals surface area contributed by atoms with Gasteiger partial charge in [0.1, 0.15) is 0 Å². The monoisotopic (exact) mass is 453 g/mol. The molecule has 3 heteroatoms. The smallest absolute Gasteiger partial charge is 0.251 e. The Kier molecular flexibility index (Phi) is 6.31. The molecule has 1 amide bonds. The number of amides is 1. The first-order valence-electron chi connectivity index (χ1n) is 12.8. The molecule has 3 aromatic rings. The molecule has 2 aliphatic rings. The molecule has 34 heavy (non-hydrogen) atoms. The van der Waals surface area contributed by atoms with Crippen LogP contribution in [0, 0.1) is 5.92 Å². The zero-order chi connectivity index (χ0) is 23.6. The van der Waals surface area contributed by atoms with Crippen LogP contribution in [-0.4, -0.2) is 43.1 Å². The van der Waals surface area contributed by atoms with Crippen molar-refractivity contribution in [2.45, 2.75) is 49.6 Å². The van der Waals surface area contributed by atoms with Crippen molar-refractivity contribution in [3.05, 3.63) is 108 Å². The Morgan fingerprint density at radius 3 is 1.76 bits per heavy atom. The summed E-state index contributed by atoms with van der Waals surface area (Å²) in [7, 11) is 4.86. The van der Waals surface area contributed by atoms with Crippen LogP contribution in [-0.2, 0) is 5.41 Å². The normalized spacial score (nSPS) is 23.4. The van der Waals surface area contributed by atoms with Crippen LogP contribution in [0.3, 0.4) is 0 Å². The zero-order valence-electron chi connectivity index (χ0n) is 20.5. The average molecular weight is 454 g/mol. The Labute approximate surface area is 204 Å². The van der Waals surface area contributed by atoms with Gasteiger partial charge in [-0.25, -0.2) is 0 Å². The molecular formula is C31H37N2O+. The maximum absolute atomic E-state index is 13.1. The van der Waals surface area contributed by atoms with Crippen molar-refractivity contribution in [1.29, 1.82) is 0 Å². The van der Waals surface area contributed by atoms with Gasteiger partial charge in [0.05, 0.1) is 26.2 Å². The predicted octanol–water partition coefficient (Wildman–Crippen LogP) is 5.81. The Bertz CT molecular complexity index is 1040. The number of fused-ring (bicyclic) bond motifs is 2. The highest BCUT2D eigenvalue weighted by Crippen LogP contribution is 2.47. The average Bonchev–Trinajstić information content (AvgIpc) is 3.03. The number of carbonyl (C=O) groups excluding carboxylic acids is 1. The largest absolute Gasteiger partial charge is 0.351 e. The van der Waals surface area contributed by atoms with Crippen molar-refractivity contribution < 1.29 is 9.28 Å². The van der Waals surface area contributed by atoms with Crippen LogP contribution < -0.4 is 5.32 Å². The molecule has 3 aromatic carbocycles. The van der Waals surface area contributed by atoms with Crippen molar-refractivity contribution in [3.8, 4) is 0 Å². The fourth-order valence-electron chi connectivity index (χ4n) is 6.77. The van der Waals surface area contributed by atoms with E-state index in [1.807, 2.05) is 30.3 Å². The number of benzene rings is 3. The van der Waals surface area contributed by atoms with Gasteiger partial charge in [0.25, 0.3) is 5.91 Å². The summed E-state index contributed by atoms with van der Waals surface area (Å²) >= 11 is 0. The van der Waals surface area contributed by atoms with Crippen molar-refractivity contribution in [2.24, 2.45) is 5.92 Å². The summed E-state index contributed by atoms with van der Waals surface area (Å²) in [6.07, 6.45) is 6.31. The minimum atomic E-state index is -0.258. The maximum atomic E-state index is 13.1. The van der Waals surface area contributed by atoms with E-state index in [4.69, 9.17) is 0 Å². The Hall–Kier alpha value is -2.91. The van der Waals surface area contributed by atoms with Gasteiger partial charge in [0.15, 0.2) is 0 Å². The first-order valence-corrected chi connectivity index (χ1v) is 12.8. The van der Waals surface area contributed by atoms with Crippen molar-refractivity contribution in [1.82, 2.24) is 5.32 Å². The van der Waals surface area contributed by atoms with Gasteiger partial charge < -0.3 is 9.80 Å². The molecule has 5 rings (SSSR count). The molecule has 1 N–H and O–H groups in total. The molecule has 2 saturated heterocycles. The van der Waals surface area contributed by atoms with Gasteiger partial charge in [-0.1, -0.05) is 78.9 Å². The van der Waals surface area contributed by atoms with Crippen molar-refractivity contribution >= 4 is 5.91 Å². The second-order valence-electron chi connectivity index (χ2n) is 10.9. The molecule has 0 aliphatic carbocycles. The number of quaternary nitrogens is 1. The fraction of sp³-hybridized carbons (Fsp3) is 0.387. The molecule has 0 radical (unpaired) electrons. The van der Waals surface area contributed by atoms with Crippen LogP contribution in [0.4, 0.5) is 0 Å². The lowest BCUT2D eigenvalue weighted by Gasteiger charge is -2.47. The fourth-order valence-corrected chi connectivity index (χ4v) is 6.77. The molecule has 2 heterocycles. The van der Waals surface area contributed by atoms with Gasteiger partial charge in [0, 0.05) is 43.2 Å². The second-order valence-corrected chi connectivity index (χ2v) is 10.9. The van der Waals surface area contributed by atoms with E-state index in [1.54, 1.807) is 0 Å². The van der Waals surface area contributed by atoms with Crippen LogP contribution in [0.5, 0.6) is 0 Å². The number of hydrogen-bond acceptors (Lipinski definition) is 1. The minimum Gasteiger partial charge on any atom is -0.351 e. The number of hydrogen-bond donors (Lipinski definition) is 1. The number of piperidine rings is 1. The third kappa shape index (κ3) is 4.30. The molecule has 2 aliphatic heterocycles. The summed E-state index contributed by atoms with van der Waals surface area (Å²) < 4.78 is 1.19. The van der Waals surface area contributed by atoms with E-state index in [2.05, 4.69) is 80.1 Å². The second kappa shape index (κ2) is 9.38. The Morgan fingerprint density at radius 2 is 1.26 bits per heavy atom. The lowest BCUT2D eigenvalue weighted by atomic mass is 9.66. The summed E-state index contributed by atoms with van der Waals surface area (Å²) in [5.41, 5.74) is 3.04. The van der Waals surface area contributed by atoms with Crippen molar-refractivity contribution in [3.63, 3.8) is 0 Å². The van der Waals surface area contributed by atoms with Crippen LogP contribution in [0.15, 0.2) is 91.0 Å². The van der Waals surface area contributed by atoms with E-state index in [0.29, 0.717) is 18.0 Å². The molecule has 3 nitrogen and oxygen atoms in total. The molecule has 2 fully saturated rings. The first kappa shape index (κ1) is 22.9. The Balaban J connectivity index is 1.50. The van der Waals surface area contributed by atoms with Gasteiger partial charge >= 0.3 is 0 Å². The third-order valence-electron chi connectivity index (χ3n) is 8.80. The summed E-state index contributed by atoms with van der Waals surface area (Å²) in [5, 5.41) is 3.34. The summed E-state index contributed by atoms with van der Waals surface area (Å²) in [6.45, 7) is 0.596. The summed E-state index contributed by atoms with van der Waals surface area (Å²) in [4.78, 5) is 13.1. The van der Waals surface area contributed by atoms with Crippen molar-refractivity contribution in [2.75, 3.05) is 20.6 Å². The van der Waals surface area contributed by atoms with Gasteiger partial charge in [0.2, 0.25) is 0 Å². The lowest BCUT2D eigenvalue weighted by molar-refractivity contribution is -0.931. The first-order chi connectivity index (χ1) is 16.5. The van der Waals surface area contributed by atoms with E-state index < -0.39 is 0 Å². The van der Waals surface area contributed by atoms with E-state index in [9.17, 15) is 4.79 Å². The predicted molar refractivity (Wildman–Crippen MR) is 139 cm³/mol. The van der Waals surface area contributed by atoms with Gasteiger partial charge in [-0.15, -0.1) is 0 Å². The molecule has 2 bridgehead atoms. The lowest BCUT2D eigenvalue weighted by Crippen LogP contribution is -2.55. The number of nitrogens with zero attached hydrogens (tertiary/aromatic N) is 1. The van der Waals surface area contributed by atoms with Gasteiger partial charge in [-0.3, -0.25) is 4.79 Å². The van der Waals surface area contributed by atoms with Gasteiger partial charge in [-0.2, -0.15) is 0 Å². The zero-order valence-corrected chi connectivity index (χ0v) is 20.5. The van der Waals surface area contributed by atoms with Crippen LogP contribution in [0.2, 0.25) is 0 Å². The number of carbonyl (C=O) groups is 1. The van der Waals surface area contributed by atoms with E-state index in [-0.39, 0.29) is 11.3 Å². The quantitative estimate of drug-likeness (QED) is 0.450. The van der Waals surface area contributed by atoms with Crippen LogP contribution >= 0.6 is 0 Å². The van der Waals surface area contributed by atoms with Crippen LogP contribution in [0.1, 0.15) is 53.6 Å². The van der Waals surface area contributed by atoms with E-state index >= 15 is 0 Å². The third-order valence-corrected chi connectivity index (χ3v) is 8.80. The number of nitrogens with one attached hydrogen (secondary N) is 1.